The number of benzene rings is 1. The van der Waals surface area contributed by atoms with Gasteiger partial charge in [0.15, 0.2) is 0 Å². The molecule has 0 fully saturated rings. The Bertz CT molecular complexity index is 329. The minimum Gasteiger partial charge on any atom is -0.389 e. The minimum atomic E-state index is -4.32. The highest BCUT2D eigenvalue weighted by Gasteiger charge is 2.32. The first-order valence-electron chi connectivity index (χ1n) is 4.18. The first kappa shape index (κ1) is 11.0. The molecule has 0 saturated carbocycles. The zero-order valence-corrected chi connectivity index (χ0v) is 7.89. The van der Waals surface area contributed by atoms with E-state index in [-0.39, 0.29) is 5.56 Å². The van der Waals surface area contributed by atoms with E-state index >= 15 is 0 Å². The normalized spacial score (nSPS) is 14.1. The van der Waals surface area contributed by atoms with Gasteiger partial charge in [0.1, 0.15) is 0 Å². The Labute approximate surface area is 80.2 Å². The van der Waals surface area contributed by atoms with Crippen LogP contribution in [0.3, 0.4) is 0 Å². The Morgan fingerprint density at radius 2 is 1.86 bits per heavy atom. The summed E-state index contributed by atoms with van der Waals surface area (Å²) in [5.41, 5.74) is -0.0201. The highest BCUT2D eigenvalue weighted by molar-refractivity contribution is 5.33. The molecule has 0 unspecified atom stereocenters. The molecule has 1 atom stereocenters. The molecule has 4 heteroatoms. The van der Waals surface area contributed by atoms with Crippen molar-refractivity contribution < 1.29 is 18.3 Å². The molecular weight excluding hydrogens is 193 g/mol. The fraction of sp³-hybridized carbons (Fsp3) is 0.400. The molecule has 0 radical (unpaired) electrons. The van der Waals surface area contributed by atoms with Crippen LogP contribution in [0.4, 0.5) is 13.2 Å². The van der Waals surface area contributed by atoms with Gasteiger partial charge in [-0.05, 0) is 31.0 Å². The van der Waals surface area contributed by atoms with E-state index in [2.05, 4.69) is 0 Å². The number of aliphatic hydroxyl groups excluding tert-OH is 1. The minimum absolute atomic E-state index is 0.135. The van der Waals surface area contributed by atoms with Gasteiger partial charge in [0.05, 0.1) is 11.7 Å². The van der Waals surface area contributed by atoms with Gasteiger partial charge in [0.25, 0.3) is 0 Å². The van der Waals surface area contributed by atoms with E-state index in [0.29, 0.717) is 5.56 Å². The lowest BCUT2D eigenvalue weighted by molar-refractivity contribution is -0.138. The predicted molar refractivity (Wildman–Crippen MR) is 46.8 cm³/mol. The van der Waals surface area contributed by atoms with Crippen molar-refractivity contribution in [3.63, 3.8) is 0 Å². The van der Waals surface area contributed by atoms with E-state index < -0.39 is 17.8 Å². The third kappa shape index (κ3) is 2.26. The fourth-order valence-electron chi connectivity index (χ4n) is 1.26. The Kier molecular flexibility index (Phi) is 2.85. The van der Waals surface area contributed by atoms with Crippen molar-refractivity contribution >= 4 is 0 Å². The summed E-state index contributed by atoms with van der Waals surface area (Å²) in [5.74, 6) is 0. The van der Waals surface area contributed by atoms with Crippen LogP contribution in [0.5, 0.6) is 0 Å². The summed E-state index contributed by atoms with van der Waals surface area (Å²) in [6, 6.07) is 3.64. The average molecular weight is 204 g/mol. The van der Waals surface area contributed by atoms with E-state index in [1.165, 1.54) is 26.0 Å². The second-order valence-corrected chi connectivity index (χ2v) is 3.25. The third-order valence-corrected chi connectivity index (χ3v) is 2.04. The maximum absolute atomic E-state index is 12.3. The van der Waals surface area contributed by atoms with Crippen molar-refractivity contribution in [3.8, 4) is 0 Å². The Morgan fingerprint density at radius 3 is 2.21 bits per heavy atom. The summed E-state index contributed by atoms with van der Waals surface area (Å²) in [6.07, 6.45) is -5.06. The smallest absolute Gasteiger partial charge is 0.389 e. The van der Waals surface area contributed by atoms with E-state index in [9.17, 15) is 13.2 Å². The highest BCUT2D eigenvalue weighted by Crippen LogP contribution is 2.32. The van der Waals surface area contributed by atoms with Gasteiger partial charge in [-0.2, -0.15) is 13.2 Å². The molecule has 78 valence electrons. The molecule has 0 heterocycles. The maximum Gasteiger partial charge on any atom is 0.416 e. The lowest BCUT2D eigenvalue weighted by atomic mass is 10.0. The molecule has 1 N–H and O–H groups in total. The number of alkyl halides is 3. The number of hydrogen-bond acceptors (Lipinski definition) is 1. The highest BCUT2D eigenvalue weighted by atomic mass is 19.4. The van der Waals surface area contributed by atoms with Crippen molar-refractivity contribution in [1.29, 1.82) is 0 Å². The van der Waals surface area contributed by atoms with Crippen molar-refractivity contribution in [3.05, 3.63) is 34.9 Å². The zero-order chi connectivity index (χ0) is 10.9. The predicted octanol–water partition coefficient (Wildman–Crippen LogP) is 3.07. The molecule has 1 nitrogen and oxygen atoms in total. The van der Waals surface area contributed by atoms with Gasteiger partial charge in [-0.3, -0.25) is 0 Å². The molecule has 0 bridgehead atoms. The van der Waals surface area contributed by atoms with Gasteiger partial charge in [0, 0.05) is 0 Å². The Hall–Kier alpha value is -1.03. The van der Waals surface area contributed by atoms with E-state index in [0.717, 1.165) is 6.07 Å². The van der Waals surface area contributed by atoms with Gasteiger partial charge in [-0.1, -0.05) is 12.1 Å². The van der Waals surface area contributed by atoms with Crippen LogP contribution in [0, 0.1) is 6.92 Å². The first-order chi connectivity index (χ1) is 6.32. The summed E-state index contributed by atoms with van der Waals surface area (Å²) < 4.78 is 37.0. The number of rotatable bonds is 1. The lowest BCUT2D eigenvalue weighted by Gasteiger charge is -2.12. The SMILES string of the molecule is Cc1cc([C@H](C)O)ccc1C(F)(F)F. The summed E-state index contributed by atoms with van der Waals surface area (Å²) in [7, 11) is 0. The quantitative estimate of drug-likeness (QED) is 0.745. The Morgan fingerprint density at radius 1 is 1.29 bits per heavy atom. The lowest BCUT2D eigenvalue weighted by Crippen LogP contribution is -2.08. The third-order valence-electron chi connectivity index (χ3n) is 2.04. The average Bonchev–Trinajstić information content (AvgIpc) is 2.01. The topological polar surface area (TPSA) is 20.2 Å². The molecule has 0 aliphatic carbocycles. The zero-order valence-electron chi connectivity index (χ0n) is 7.89. The molecule has 0 spiro atoms. The molecule has 1 aromatic carbocycles. The molecular formula is C10H11F3O. The van der Waals surface area contributed by atoms with Crippen molar-refractivity contribution in [1.82, 2.24) is 0 Å². The van der Waals surface area contributed by atoms with Crippen LogP contribution < -0.4 is 0 Å². The largest absolute Gasteiger partial charge is 0.416 e. The fourth-order valence-corrected chi connectivity index (χ4v) is 1.26. The summed E-state index contributed by atoms with van der Waals surface area (Å²) in [6.45, 7) is 2.90. The number of halogens is 3. The van der Waals surface area contributed by atoms with Gasteiger partial charge in [-0.15, -0.1) is 0 Å². The van der Waals surface area contributed by atoms with E-state index in [1.54, 1.807) is 0 Å². The standard InChI is InChI=1S/C10H11F3O/c1-6-5-8(7(2)14)3-4-9(6)10(11,12)13/h3-5,7,14H,1-2H3/t7-/m0/s1. The van der Waals surface area contributed by atoms with Crippen LogP contribution in [0.25, 0.3) is 0 Å². The molecule has 0 aromatic heterocycles. The monoisotopic (exact) mass is 204 g/mol. The van der Waals surface area contributed by atoms with Crippen LogP contribution in [0.15, 0.2) is 18.2 Å². The van der Waals surface area contributed by atoms with Gasteiger partial charge in [0.2, 0.25) is 0 Å². The molecule has 1 rings (SSSR count). The van der Waals surface area contributed by atoms with Crippen molar-refractivity contribution in [2.45, 2.75) is 26.1 Å². The molecule has 0 amide bonds. The van der Waals surface area contributed by atoms with E-state index in [1.807, 2.05) is 0 Å². The Balaban J connectivity index is 3.15. The maximum atomic E-state index is 12.3. The van der Waals surface area contributed by atoms with E-state index in [4.69, 9.17) is 5.11 Å². The molecule has 0 aliphatic heterocycles. The van der Waals surface area contributed by atoms with Gasteiger partial charge < -0.3 is 5.11 Å². The number of aryl methyl sites for hydroxylation is 1. The van der Waals surface area contributed by atoms with Gasteiger partial charge in [-0.25, -0.2) is 0 Å². The number of aliphatic hydroxyl groups is 1. The number of hydrogen-bond donors (Lipinski definition) is 1. The van der Waals surface area contributed by atoms with Crippen molar-refractivity contribution in [2.75, 3.05) is 0 Å². The summed E-state index contributed by atoms with van der Waals surface area (Å²) >= 11 is 0. The van der Waals surface area contributed by atoms with Crippen LogP contribution in [0.2, 0.25) is 0 Å². The second kappa shape index (κ2) is 3.61. The summed E-state index contributed by atoms with van der Waals surface area (Å²) in [5, 5.41) is 9.16. The van der Waals surface area contributed by atoms with Crippen LogP contribution in [-0.4, -0.2) is 5.11 Å². The molecule has 14 heavy (non-hydrogen) atoms. The first-order valence-corrected chi connectivity index (χ1v) is 4.18. The van der Waals surface area contributed by atoms with Crippen molar-refractivity contribution in [2.24, 2.45) is 0 Å². The van der Waals surface area contributed by atoms with Crippen LogP contribution >= 0.6 is 0 Å². The van der Waals surface area contributed by atoms with Crippen LogP contribution in [-0.2, 0) is 6.18 Å². The van der Waals surface area contributed by atoms with Gasteiger partial charge >= 0.3 is 6.18 Å². The molecule has 0 saturated heterocycles. The molecule has 1 aromatic rings. The summed E-state index contributed by atoms with van der Waals surface area (Å²) in [4.78, 5) is 0. The molecule has 0 aliphatic rings. The second-order valence-electron chi connectivity index (χ2n) is 3.25. The van der Waals surface area contributed by atoms with Crippen LogP contribution in [0.1, 0.15) is 29.7 Å².